The molecule has 0 saturated heterocycles. The highest BCUT2D eigenvalue weighted by atomic mass is 19.1. The van der Waals surface area contributed by atoms with Gasteiger partial charge in [-0.3, -0.25) is 14.5 Å². The van der Waals surface area contributed by atoms with Crippen LogP contribution in [0.4, 0.5) is 21.0 Å². The maximum atomic E-state index is 15.1. The van der Waals surface area contributed by atoms with Gasteiger partial charge < -0.3 is 15.4 Å². The van der Waals surface area contributed by atoms with Gasteiger partial charge in [0.1, 0.15) is 17.9 Å². The fourth-order valence-electron chi connectivity index (χ4n) is 4.33. The van der Waals surface area contributed by atoms with Crippen molar-refractivity contribution in [2.45, 2.75) is 57.8 Å². The molecule has 10 nitrogen and oxygen atoms in total. The SMILES string of the molecule is Cc1cn2c(Nc3cc([C@H]4CC[C@@H](OC(=O)NC(C)C)[C@H]4F)[nH]n3)nc(-c3ccccn3)cc2n1. The van der Waals surface area contributed by atoms with E-state index in [9.17, 15) is 4.79 Å². The zero-order valence-electron chi connectivity index (χ0n) is 19.7. The summed E-state index contributed by atoms with van der Waals surface area (Å²) in [5.41, 5.74) is 3.58. The number of imidazole rings is 1. The van der Waals surface area contributed by atoms with Crippen LogP contribution in [0.2, 0.25) is 0 Å². The van der Waals surface area contributed by atoms with E-state index in [2.05, 4.69) is 30.8 Å². The third-order valence-corrected chi connectivity index (χ3v) is 5.91. The lowest BCUT2D eigenvalue weighted by Gasteiger charge is -2.18. The molecule has 4 aromatic heterocycles. The average Bonchev–Trinajstić information content (AvgIpc) is 3.52. The number of hydrogen-bond acceptors (Lipinski definition) is 7. The first-order valence-electron chi connectivity index (χ1n) is 11.6. The van der Waals surface area contributed by atoms with E-state index in [1.165, 1.54) is 0 Å². The van der Waals surface area contributed by atoms with E-state index in [0.29, 0.717) is 36.0 Å². The molecule has 4 heterocycles. The largest absolute Gasteiger partial charge is 0.443 e. The van der Waals surface area contributed by atoms with Crippen LogP contribution in [0.3, 0.4) is 0 Å². The minimum absolute atomic E-state index is 0.0745. The summed E-state index contributed by atoms with van der Waals surface area (Å²) < 4.78 is 22.2. The van der Waals surface area contributed by atoms with Gasteiger partial charge in [-0.15, -0.1) is 0 Å². The fraction of sp³-hybridized carbons (Fsp3) is 0.375. The van der Waals surface area contributed by atoms with Crippen molar-refractivity contribution in [1.29, 1.82) is 0 Å². The second kappa shape index (κ2) is 9.32. The van der Waals surface area contributed by atoms with E-state index >= 15 is 4.39 Å². The average molecular weight is 479 g/mol. The number of hydrogen-bond donors (Lipinski definition) is 3. The number of fused-ring (bicyclic) bond motifs is 1. The van der Waals surface area contributed by atoms with E-state index in [-0.39, 0.29) is 6.04 Å². The van der Waals surface area contributed by atoms with Gasteiger partial charge in [-0.05, 0) is 45.7 Å². The van der Waals surface area contributed by atoms with Crippen molar-refractivity contribution >= 4 is 23.5 Å². The number of pyridine rings is 1. The number of nitrogens with one attached hydrogen (secondary N) is 3. The molecule has 0 aliphatic heterocycles. The third-order valence-electron chi connectivity index (χ3n) is 5.91. The number of anilines is 2. The van der Waals surface area contributed by atoms with Crippen LogP contribution in [0.5, 0.6) is 0 Å². The van der Waals surface area contributed by atoms with E-state index in [1.54, 1.807) is 12.3 Å². The molecule has 1 saturated carbocycles. The van der Waals surface area contributed by atoms with Gasteiger partial charge in [0, 0.05) is 42.2 Å². The minimum Gasteiger partial charge on any atom is -0.443 e. The van der Waals surface area contributed by atoms with Gasteiger partial charge in [-0.2, -0.15) is 5.10 Å². The summed E-state index contributed by atoms with van der Waals surface area (Å²) in [5.74, 6) is 0.558. The van der Waals surface area contributed by atoms with Crippen molar-refractivity contribution < 1.29 is 13.9 Å². The molecule has 3 N–H and O–H groups in total. The molecule has 1 aliphatic carbocycles. The van der Waals surface area contributed by atoms with Gasteiger partial charge in [0.25, 0.3) is 0 Å². The molecule has 0 spiro atoms. The zero-order valence-corrected chi connectivity index (χ0v) is 19.7. The molecule has 4 aromatic rings. The Morgan fingerprint density at radius 3 is 2.86 bits per heavy atom. The van der Waals surface area contributed by atoms with Gasteiger partial charge in [0.2, 0.25) is 5.95 Å². The third kappa shape index (κ3) is 4.79. The predicted molar refractivity (Wildman–Crippen MR) is 128 cm³/mol. The molecule has 5 rings (SSSR count). The van der Waals surface area contributed by atoms with Crippen LogP contribution in [-0.4, -0.2) is 54.0 Å². The Hall–Kier alpha value is -4.02. The minimum atomic E-state index is -1.32. The van der Waals surface area contributed by atoms with Crippen LogP contribution in [0.25, 0.3) is 17.0 Å². The first kappa shape index (κ1) is 22.8. The molecular weight excluding hydrogens is 451 g/mol. The second-order valence-corrected chi connectivity index (χ2v) is 9.00. The normalized spacial score (nSPS) is 19.9. The Kier molecular flexibility index (Phi) is 6.06. The summed E-state index contributed by atoms with van der Waals surface area (Å²) in [7, 11) is 0. The second-order valence-electron chi connectivity index (χ2n) is 9.00. The van der Waals surface area contributed by atoms with Crippen LogP contribution >= 0.6 is 0 Å². The number of H-pyrrole nitrogens is 1. The lowest BCUT2D eigenvalue weighted by molar-refractivity contribution is 0.0555. The van der Waals surface area contributed by atoms with Crippen molar-refractivity contribution in [2.24, 2.45) is 0 Å². The molecule has 0 bridgehead atoms. The first-order valence-corrected chi connectivity index (χ1v) is 11.6. The molecule has 1 aliphatic rings. The summed E-state index contributed by atoms with van der Waals surface area (Å²) in [4.78, 5) is 25.6. The van der Waals surface area contributed by atoms with E-state index < -0.39 is 24.3 Å². The summed E-state index contributed by atoms with van der Waals surface area (Å²) in [5, 5.41) is 13.1. The number of alkyl carbamates (subject to hydrolysis) is 1. The van der Waals surface area contributed by atoms with Gasteiger partial charge in [-0.1, -0.05) is 6.07 Å². The number of rotatable bonds is 6. The topological polar surface area (TPSA) is 122 Å². The molecule has 35 heavy (non-hydrogen) atoms. The number of aryl methyl sites for hydroxylation is 1. The lowest BCUT2D eigenvalue weighted by atomic mass is 10.0. The Bertz CT molecular complexity index is 1340. The lowest BCUT2D eigenvalue weighted by Crippen LogP contribution is -2.36. The number of halogens is 1. The van der Waals surface area contributed by atoms with Crippen LogP contribution in [0.15, 0.2) is 42.7 Å². The van der Waals surface area contributed by atoms with Crippen molar-refractivity contribution in [2.75, 3.05) is 5.32 Å². The molecule has 0 unspecified atom stereocenters. The smallest absolute Gasteiger partial charge is 0.407 e. The van der Waals surface area contributed by atoms with Crippen LogP contribution in [-0.2, 0) is 4.74 Å². The van der Waals surface area contributed by atoms with E-state index in [1.807, 2.05) is 55.6 Å². The number of aromatic amines is 1. The molecule has 0 aromatic carbocycles. The molecule has 1 amide bonds. The summed E-state index contributed by atoms with van der Waals surface area (Å²) in [6.45, 7) is 5.56. The Morgan fingerprint density at radius 1 is 1.23 bits per heavy atom. The molecule has 1 fully saturated rings. The van der Waals surface area contributed by atoms with Crippen molar-refractivity contribution in [3.63, 3.8) is 0 Å². The highest BCUT2D eigenvalue weighted by molar-refractivity contribution is 5.68. The monoisotopic (exact) mass is 478 g/mol. The number of alkyl halides is 1. The van der Waals surface area contributed by atoms with Crippen molar-refractivity contribution in [3.05, 3.63) is 54.1 Å². The molecule has 3 atom stereocenters. The van der Waals surface area contributed by atoms with Crippen LogP contribution < -0.4 is 10.6 Å². The number of carbonyl (C=O) groups excluding carboxylic acids is 1. The Morgan fingerprint density at radius 2 is 2.09 bits per heavy atom. The molecular formula is C24H27FN8O2. The highest BCUT2D eigenvalue weighted by Crippen LogP contribution is 2.38. The van der Waals surface area contributed by atoms with Gasteiger partial charge in [0.15, 0.2) is 5.82 Å². The number of amides is 1. The van der Waals surface area contributed by atoms with Crippen molar-refractivity contribution in [1.82, 2.24) is 34.9 Å². The predicted octanol–water partition coefficient (Wildman–Crippen LogP) is 4.29. The highest BCUT2D eigenvalue weighted by Gasteiger charge is 2.40. The number of aromatic nitrogens is 6. The van der Waals surface area contributed by atoms with E-state index in [0.717, 1.165) is 17.0 Å². The number of ether oxygens (including phenoxy) is 1. The molecule has 0 radical (unpaired) electrons. The van der Waals surface area contributed by atoms with Crippen molar-refractivity contribution in [3.8, 4) is 11.4 Å². The molecule has 182 valence electrons. The fourth-order valence-corrected chi connectivity index (χ4v) is 4.33. The molecule has 11 heteroatoms. The van der Waals surface area contributed by atoms with E-state index in [4.69, 9.17) is 9.72 Å². The van der Waals surface area contributed by atoms with Crippen LogP contribution in [0.1, 0.15) is 44.0 Å². The Labute approximate surface area is 201 Å². The number of carbonyl (C=O) groups is 1. The summed E-state index contributed by atoms with van der Waals surface area (Å²) >= 11 is 0. The van der Waals surface area contributed by atoms with Gasteiger partial charge in [-0.25, -0.2) is 19.2 Å². The Balaban J connectivity index is 1.36. The summed E-state index contributed by atoms with van der Waals surface area (Å²) in [6.07, 6.45) is 1.86. The first-order chi connectivity index (χ1) is 16.9. The number of nitrogens with zero attached hydrogens (tertiary/aromatic N) is 5. The zero-order chi connectivity index (χ0) is 24.5. The maximum Gasteiger partial charge on any atom is 0.407 e. The summed E-state index contributed by atoms with van der Waals surface area (Å²) in [6, 6.07) is 9.19. The van der Waals surface area contributed by atoms with Gasteiger partial charge in [0.05, 0.1) is 17.1 Å². The standard InChI is InChI=1S/C24H27FN8O2/c1-13(2)27-24(34)35-19-8-7-15(22(19)25)17-10-20(32-31-17)30-23-29-18(16-6-4-5-9-26-16)11-21-28-14(3)12-33(21)23/h4-6,9-13,15,19,22H,7-8H2,1-3H3,(H,27,34)(H2,29,30,31,32)/t15-,19-,22+/m1/s1. The van der Waals surface area contributed by atoms with Crippen LogP contribution in [0, 0.1) is 6.92 Å². The maximum absolute atomic E-state index is 15.1. The van der Waals surface area contributed by atoms with Gasteiger partial charge >= 0.3 is 6.09 Å². The quantitative estimate of drug-likeness (QED) is 0.378.